The van der Waals surface area contributed by atoms with Crippen molar-refractivity contribution in [1.82, 2.24) is 10.6 Å². The largest absolute Gasteiger partial charge is 0.493 e. The van der Waals surface area contributed by atoms with E-state index < -0.39 is 0 Å². The second-order valence-corrected chi connectivity index (χ2v) is 5.36. The van der Waals surface area contributed by atoms with E-state index in [4.69, 9.17) is 9.47 Å². The highest BCUT2D eigenvalue weighted by Gasteiger charge is 2.34. The Balaban J connectivity index is 0.00000242. The molecule has 1 atom stereocenters. The van der Waals surface area contributed by atoms with Crippen LogP contribution in [0, 0.1) is 0 Å². The summed E-state index contributed by atoms with van der Waals surface area (Å²) < 4.78 is 10.8. The molecule has 0 radical (unpaired) electrons. The molecular formula is C16H25ClN2O3. The van der Waals surface area contributed by atoms with Crippen LogP contribution in [0.15, 0.2) is 24.3 Å². The number of methoxy groups -OCH3 is 1. The lowest BCUT2D eigenvalue weighted by atomic mass is 9.98. The first-order valence-corrected chi connectivity index (χ1v) is 7.45. The molecule has 1 unspecified atom stereocenters. The summed E-state index contributed by atoms with van der Waals surface area (Å²) in [6.07, 6.45) is 2.11. The van der Waals surface area contributed by atoms with E-state index in [1.807, 2.05) is 25.1 Å². The maximum atomic E-state index is 12.4. The standard InChI is InChI=1S/C16H24N2O3.ClH/c1-3-21-14-8-5-4-7-13(14)15(19)17-11-16(12-20-2)9-6-10-18-16;/h4-5,7-8,18H,3,6,9-12H2,1-2H3,(H,17,19);1H. The summed E-state index contributed by atoms with van der Waals surface area (Å²) in [5.74, 6) is 0.515. The zero-order valence-corrected chi connectivity index (χ0v) is 14.0. The Hall–Kier alpha value is -1.30. The number of rotatable bonds is 7. The van der Waals surface area contributed by atoms with E-state index in [-0.39, 0.29) is 23.9 Å². The topological polar surface area (TPSA) is 59.6 Å². The molecule has 1 aromatic rings. The van der Waals surface area contributed by atoms with Crippen LogP contribution >= 0.6 is 12.4 Å². The summed E-state index contributed by atoms with van der Waals surface area (Å²) >= 11 is 0. The van der Waals surface area contributed by atoms with Crippen LogP contribution in [0.1, 0.15) is 30.1 Å². The van der Waals surface area contributed by atoms with E-state index in [1.54, 1.807) is 13.2 Å². The fraction of sp³-hybridized carbons (Fsp3) is 0.562. The number of halogens is 1. The first kappa shape index (κ1) is 18.7. The molecule has 0 saturated carbocycles. The van der Waals surface area contributed by atoms with Crippen molar-refractivity contribution in [3.8, 4) is 5.75 Å². The molecule has 0 bridgehead atoms. The van der Waals surface area contributed by atoms with Crippen LogP contribution in [-0.4, -0.2) is 44.9 Å². The van der Waals surface area contributed by atoms with Gasteiger partial charge in [-0.05, 0) is 38.4 Å². The van der Waals surface area contributed by atoms with Gasteiger partial charge in [0.15, 0.2) is 0 Å². The molecule has 124 valence electrons. The maximum absolute atomic E-state index is 12.4. The van der Waals surface area contributed by atoms with Crippen molar-refractivity contribution in [1.29, 1.82) is 0 Å². The summed E-state index contributed by atoms with van der Waals surface area (Å²) in [7, 11) is 1.69. The molecule has 1 heterocycles. The van der Waals surface area contributed by atoms with Crippen LogP contribution in [0.25, 0.3) is 0 Å². The third-order valence-electron chi connectivity index (χ3n) is 3.77. The van der Waals surface area contributed by atoms with Gasteiger partial charge < -0.3 is 20.1 Å². The van der Waals surface area contributed by atoms with E-state index in [9.17, 15) is 4.79 Å². The minimum atomic E-state index is -0.148. The van der Waals surface area contributed by atoms with E-state index in [0.29, 0.717) is 31.1 Å². The van der Waals surface area contributed by atoms with E-state index >= 15 is 0 Å². The van der Waals surface area contributed by atoms with Crippen molar-refractivity contribution in [2.24, 2.45) is 0 Å². The molecule has 22 heavy (non-hydrogen) atoms. The first-order valence-electron chi connectivity index (χ1n) is 7.45. The number of hydrogen-bond donors (Lipinski definition) is 2. The number of benzene rings is 1. The van der Waals surface area contributed by atoms with Gasteiger partial charge in [-0.1, -0.05) is 12.1 Å². The van der Waals surface area contributed by atoms with Gasteiger partial charge in [0.25, 0.3) is 5.91 Å². The molecule has 1 aromatic carbocycles. The molecule has 1 aliphatic rings. The predicted molar refractivity (Wildman–Crippen MR) is 89.0 cm³/mol. The summed E-state index contributed by atoms with van der Waals surface area (Å²) in [5.41, 5.74) is 0.426. The second-order valence-electron chi connectivity index (χ2n) is 5.36. The fourth-order valence-corrected chi connectivity index (χ4v) is 2.75. The lowest BCUT2D eigenvalue weighted by molar-refractivity contribution is 0.0889. The smallest absolute Gasteiger partial charge is 0.255 e. The molecule has 1 aliphatic heterocycles. The van der Waals surface area contributed by atoms with Crippen LogP contribution < -0.4 is 15.4 Å². The number of hydrogen-bond acceptors (Lipinski definition) is 4. The van der Waals surface area contributed by atoms with Crippen LogP contribution in [0.5, 0.6) is 5.75 Å². The highest BCUT2D eigenvalue weighted by Crippen LogP contribution is 2.21. The minimum absolute atomic E-state index is 0. The van der Waals surface area contributed by atoms with Crippen molar-refractivity contribution in [3.63, 3.8) is 0 Å². The Labute approximate surface area is 138 Å². The zero-order valence-electron chi connectivity index (χ0n) is 13.2. The van der Waals surface area contributed by atoms with Gasteiger partial charge in [-0.25, -0.2) is 0 Å². The monoisotopic (exact) mass is 328 g/mol. The first-order chi connectivity index (χ1) is 10.2. The van der Waals surface area contributed by atoms with Gasteiger partial charge in [0, 0.05) is 13.7 Å². The van der Waals surface area contributed by atoms with Crippen LogP contribution in [0.3, 0.4) is 0 Å². The molecule has 2 rings (SSSR count). The van der Waals surface area contributed by atoms with E-state index in [1.165, 1.54) is 0 Å². The summed E-state index contributed by atoms with van der Waals surface area (Å²) in [6.45, 7) is 4.57. The van der Waals surface area contributed by atoms with Gasteiger partial charge in [-0.15, -0.1) is 12.4 Å². The lowest BCUT2D eigenvalue weighted by Gasteiger charge is -2.29. The molecule has 1 saturated heterocycles. The summed E-state index contributed by atoms with van der Waals surface area (Å²) in [4.78, 5) is 12.4. The van der Waals surface area contributed by atoms with Crippen molar-refractivity contribution in [3.05, 3.63) is 29.8 Å². The van der Waals surface area contributed by atoms with Crippen LogP contribution in [0.2, 0.25) is 0 Å². The molecule has 2 N–H and O–H groups in total. The third kappa shape index (κ3) is 4.60. The molecule has 0 aromatic heterocycles. The molecular weight excluding hydrogens is 304 g/mol. The highest BCUT2D eigenvalue weighted by atomic mass is 35.5. The second kappa shape index (κ2) is 8.98. The number of nitrogens with one attached hydrogen (secondary N) is 2. The lowest BCUT2D eigenvalue weighted by Crippen LogP contribution is -2.53. The molecule has 0 spiro atoms. The Morgan fingerprint density at radius 1 is 1.41 bits per heavy atom. The SMILES string of the molecule is CCOc1ccccc1C(=O)NCC1(COC)CCCN1.Cl. The van der Waals surface area contributed by atoms with E-state index in [0.717, 1.165) is 19.4 Å². The van der Waals surface area contributed by atoms with Crippen molar-refractivity contribution in [2.45, 2.75) is 25.3 Å². The van der Waals surface area contributed by atoms with Crippen molar-refractivity contribution >= 4 is 18.3 Å². The van der Waals surface area contributed by atoms with Gasteiger partial charge in [-0.2, -0.15) is 0 Å². The number of carbonyl (C=O) groups excluding carboxylic acids is 1. The Bertz CT molecular complexity index is 476. The quantitative estimate of drug-likeness (QED) is 0.804. The van der Waals surface area contributed by atoms with Gasteiger partial charge in [0.1, 0.15) is 5.75 Å². The average Bonchev–Trinajstić information content (AvgIpc) is 2.95. The highest BCUT2D eigenvalue weighted by molar-refractivity contribution is 5.96. The number of amides is 1. The fourth-order valence-electron chi connectivity index (χ4n) is 2.75. The molecule has 1 fully saturated rings. The Kier molecular flexibility index (Phi) is 7.65. The predicted octanol–water partition coefficient (Wildman–Crippen LogP) is 2.01. The van der Waals surface area contributed by atoms with Gasteiger partial charge in [-0.3, -0.25) is 4.79 Å². The molecule has 0 aliphatic carbocycles. The molecule has 1 amide bonds. The van der Waals surface area contributed by atoms with Crippen LogP contribution in [0.4, 0.5) is 0 Å². The van der Waals surface area contributed by atoms with Crippen molar-refractivity contribution in [2.75, 3.05) is 33.4 Å². The van der Waals surface area contributed by atoms with Gasteiger partial charge in [0.2, 0.25) is 0 Å². The summed E-state index contributed by atoms with van der Waals surface area (Å²) in [6, 6.07) is 7.31. The molecule has 6 heteroatoms. The number of para-hydroxylation sites is 1. The normalized spacial score (nSPS) is 20.3. The minimum Gasteiger partial charge on any atom is -0.493 e. The van der Waals surface area contributed by atoms with Gasteiger partial charge >= 0.3 is 0 Å². The third-order valence-corrected chi connectivity index (χ3v) is 3.77. The molecule has 5 nitrogen and oxygen atoms in total. The Morgan fingerprint density at radius 2 is 2.18 bits per heavy atom. The zero-order chi connectivity index (χ0) is 15.1. The average molecular weight is 329 g/mol. The maximum Gasteiger partial charge on any atom is 0.255 e. The Morgan fingerprint density at radius 3 is 2.82 bits per heavy atom. The van der Waals surface area contributed by atoms with Crippen LogP contribution in [-0.2, 0) is 4.74 Å². The number of carbonyl (C=O) groups is 1. The van der Waals surface area contributed by atoms with Crippen molar-refractivity contribution < 1.29 is 14.3 Å². The number of ether oxygens (including phenoxy) is 2. The van der Waals surface area contributed by atoms with Gasteiger partial charge in [0.05, 0.1) is 24.3 Å². The van der Waals surface area contributed by atoms with E-state index in [2.05, 4.69) is 10.6 Å². The summed E-state index contributed by atoms with van der Waals surface area (Å²) in [5, 5.41) is 6.45.